The summed E-state index contributed by atoms with van der Waals surface area (Å²) in [6.07, 6.45) is 0.902. The molecule has 0 saturated heterocycles. The molecule has 0 spiro atoms. The summed E-state index contributed by atoms with van der Waals surface area (Å²) in [5, 5.41) is 21.0. The third-order valence-corrected chi connectivity index (χ3v) is 11.6. The van der Waals surface area contributed by atoms with E-state index in [0.717, 1.165) is 0 Å². The first kappa shape index (κ1) is 33.3. The van der Waals surface area contributed by atoms with Gasteiger partial charge in [-0.05, 0) is 26.0 Å². The van der Waals surface area contributed by atoms with Crippen molar-refractivity contribution in [2.24, 2.45) is 0 Å². The fourth-order valence-electron chi connectivity index (χ4n) is 4.04. The van der Waals surface area contributed by atoms with Crippen LogP contribution < -0.4 is 21.2 Å². The standard InChI is InChI=1S/2C12H13O2P.C9H14O3/c2*13-15(14,11-7-3-1-4-8-11)12-9-5-2-6-10-12;1-7(11)9(2,6-10)8-4-3-5-12-8/h2*1-10,13-15H;3-5,7,10-11H,6H2,1-2H3. The molecule has 42 heavy (non-hydrogen) atoms. The zero-order valence-corrected chi connectivity index (χ0v) is 25.7. The average Bonchev–Trinajstić information content (AvgIpc) is 3.59. The number of benzene rings is 4. The topological polar surface area (TPSA) is 135 Å². The third kappa shape index (κ3) is 8.42. The van der Waals surface area contributed by atoms with Gasteiger partial charge in [-0.2, -0.15) is 0 Å². The van der Waals surface area contributed by atoms with E-state index < -0.39 is 27.0 Å². The van der Waals surface area contributed by atoms with E-state index in [-0.39, 0.29) is 6.61 Å². The van der Waals surface area contributed by atoms with E-state index >= 15 is 0 Å². The molecule has 0 bridgehead atoms. The zero-order valence-electron chi connectivity index (χ0n) is 23.7. The van der Waals surface area contributed by atoms with Gasteiger partial charge in [0.1, 0.15) is 5.76 Å². The van der Waals surface area contributed by atoms with E-state index in [1.54, 1.807) is 74.5 Å². The molecule has 0 aliphatic carbocycles. The van der Waals surface area contributed by atoms with Gasteiger partial charge in [-0.1, -0.05) is 0 Å². The Labute approximate surface area is 248 Å². The Balaban J connectivity index is 0.000000174. The second-order valence-corrected chi connectivity index (χ2v) is 15.0. The number of hydrogen-bond donors (Lipinski definition) is 6. The van der Waals surface area contributed by atoms with Crippen LogP contribution in [-0.4, -0.2) is 42.5 Å². The minimum absolute atomic E-state index is 0.127. The van der Waals surface area contributed by atoms with E-state index in [1.807, 2.05) is 72.8 Å². The van der Waals surface area contributed by atoms with Crippen LogP contribution in [0.5, 0.6) is 0 Å². The van der Waals surface area contributed by atoms with Crippen molar-refractivity contribution in [1.29, 1.82) is 0 Å². The number of aliphatic hydroxyl groups excluding tert-OH is 2. The van der Waals surface area contributed by atoms with Gasteiger partial charge in [-0.3, -0.25) is 0 Å². The summed E-state index contributed by atoms with van der Waals surface area (Å²) in [6, 6.07) is 39.4. The normalized spacial score (nSPS) is 14.2. The monoisotopic (exact) mass is 610 g/mol. The van der Waals surface area contributed by atoms with Crippen LogP contribution in [0.3, 0.4) is 0 Å². The van der Waals surface area contributed by atoms with Gasteiger partial charge < -0.3 is 14.6 Å². The molecule has 4 aromatic carbocycles. The first-order chi connectivity index (χ1) is 20.0. The fraction of sp³-hybridized carbons (Fsp3) is 0.152. The summed E-state index contributed by atoms with van der Waals surface area (Å²) < 4.78 is 5.13. The van der Waals surface area contributed by atoms with Crippen molar-refractivity contribution >= 4 is 36.7 Å². The molecule has 1 heterocycles. The van der Waals surface area contributed by atoms with E-state index in [0.29, 0.717) is 27.0 Å². The molecule has 0 aliphatic heterocycles. The van der Waals surface area contributed by atoms with Crippen molar-refractivity contribution in [3.8, 4) is 0 Å². The molecule has 1 aromatic heterocycles. The van der Waals surface area contributed by atoms with Gasteiger partial charge in [0.25, 0.3) is 0 Å². The van der Waals surface area contributed by atoms with Crippen LogP contribution in [-0.2, 0) is 5.41 Å². The molecule has 0 aliphatic rings. The summed E-state index contributed by atoms with van der Waals surface area (Å²) in [5.74, 6) is 0.611. The van der Waals surface area contributed by atoms with Crippen molar-refractivity contribution < 1.29 is 34.2 Å². The van der Waals surface area contributed by atoms with Crippen molar-refractivity contribution in [2.45, 2.75) is 25.4 Å². The summed E-state index contributed by atoms with van der Waals surface area (Å²) in [6.45, 7) is 3.27. The maximum absolute atomic E-state index is 10.2. The van der Waals surface area contributed by atoms with Crippen LogP contribution in [0.2, 0.25) is 0 Å². The zero-order chi connectivity index (χ0) is 30.6. The molecule has 2 unspecified atom stereocenters. The van der Waals surface area contributed by atoms with Gasteiger partial charge >= 0.3 is 178 Å². The van der Waals surface area contributed by atoms with Crippen LogP contribution in [0.25, 0.3) is 0 Å². The molecule has 0 radical (unpaired) electrons. The molecule has 5 aromatic rings. The second-order valence-electron chi connectivity index (χ2n) is 10.0. The molecule has 2 atom stereocenters. The first-order valence-electron chi connectivity index (χ1n) is 13.5. The molecule has 5 rings (SSSR count). The Bertz CT molecular complexity index is 1260. The van der Waals surface area contributed by atoms with Gasteiger partial charge in [-0.15, -0.1) is 0 Å². The predicted molar refractivity (Wildman–Crippen MR) is 175 cm³/mol. The van der Waals surface area contributed by atoms with Crippen molar-refractivity contribution in [3.63, 3.8) is 0 Å². The van der Waals surface area contributed by atoms with E-state index in [9.17, 15) is 24.7 Å². The molecule has 6 N–H and O–H groups in total. The van der Waals surface area contributed by atoms with E-state index in [1.165, 1.54) is 6.26 Å². The minimum atomic E-state index is -3.46. The van der Waals surface area contributed by atoms with Crippen LogP contribution in [0.4, 0.5) is 0 Å². The summed E-state index contributed by atoms with van der Waals surface area (Å²) in [7, 11) is -6.91. The van der Waals surface area contributed by atoms with Gasteiger partial charge in [0, 0.05) is 0 Å². The Morgan fingerprint density at radius 1 is 0.571 bits per heavy atom. The third-order valence-electron chi connectivity index (χ3n) is 7.04. The number of rotatable bonds is 7. The van der Waals surface area contributed by atoms with Gasteiger partial charge in [0.05, 0.1) is 24.4 Å². The van der Waals surface area contributed by atoms with Crippen LogP contribution in [0, 0.1) is 0 Å². The molecule has 0 amide bonds. The number of furan rings is 1. The van der Waals surface area contributed by atoms with Crippen LogP contribution in [0.15, 0.2) is 144 Å². The Kier molecular flexibility index (Phi) is 12.1. The second kappa shape index (κ2) is 15.3. The molecular formula is C33H40O7P2. The van der Waals surface area contributed by atoms with Crippen molar-refractivity contribution in [3.05, 3.63) is 145 Å². The quantitative estimate of drug-likeness (QED) is 0.156. The van der Waals surface area contributed by atoms with Crippen LogP contribution >= 0.6 is 15.4 Å². The van der Waals surface area contributed by atoms with Crippen molar-refractivity contribution in [1.82, 2.24) is 0 Å². The average molecular weight is 611 g/mol. The van der Waals surface area contributed by atoms with E-state index in [2.05, 4.69) is 0 Å². The van der Waals surface area contributed by atoms with Gasteiger partial charge in [0.2, 0.25) is 0 Å². The van der Waals surface area contributed by atoms with Gasteiger partial charge in [-0.25, -0.2) is 0 Å². The summed E-state index contributed by atoms with van der Waals surface area (Å²) in [4.78, 5) is 40.6. The summed E-state index contributed by atoms with van der Waals surface area (Å²) in [5.41, 5.74) is -0.691. The molecule has 224 valence electrons. The number of hydrogen-bond acceptors (Lipinski definition) is 7. The number of aliphatic hydroxyl groups is 2. The molecule has 7 nitrogen and oxygen atoms in total. The van der Waals surface area contributed by atoms with Crippen LogP contribution in [0.1, 0.15) is 19.6 Å². The Morgan fingerprint density at radius 3 is 1.10 bits per heavy atom. The maximum atomic E-state index is 10.2. The fourth-order valence-corrected chi connectivity index (χ4v) is 7.33. The first-order valence-corrected chi connectivity index (χ1v) is 17.3. The Hall–Kier alpha value is -3.22. The molecule has 0 saturated carbocycles. The SMILES string of the molecule is CC(O)C(C)(CO)c1ccco1.O[PH](O)(c1ccccc1)c1ccccc1.O[PH](O)(c1ccccc1)c1ccccc1. The Morgan fingerprint density at radius 2 is 0.881 bits per heavy atom. The van der Waals surface area contributed by atoms with Crippen molar-refractivity contribution in [2.75, 3.05) is 6.61 Å². The van der Waals surface area contributed by atoms with E-state index in [4.69, 9.17) is 9.52 Å². The predicted octanol–water partition coefficient (Wildman–Crippen LogP) is 3.31. The van der Waals surface area contributed by atoms with Gasteiger partial charge in [0.15, 0.2) is 0 Å². The molecule has 0 fully saturated rings. The summed E-state index contributed by atoms with van der Waals surface area (Å²) >= 11 is 0. The molecular weight excluding hydrogens is 570 g/mol. The molecule has 9 heteroatoms.